The molecule has 5 nitrogen and oxygen atoms in total. The Morgan fingerprint density at radius 2 is 1.92 bits per heavy atom. The van der Waals surface area contributed by atoms with E-state index in [1.165, 1.54) is 0 Å². The summed E-state index contributed by atoms with van der Waals surface area (Å²) in [5.74, 6) is 0.739. The third-order valence-electron chi connectivity index (χ3n) is 4.73. The number of ether oxygens (including phenoxy) is 1. The lowest BCUT2D eigenvalue weighted by atomic mass is 9.79. The molecule has 2 amide bonds. The number of para-hydroxylation sites is 1. The van der Waals surface area contributed by atoms with E-state index in [1.54, 1.807) is 7.11 Å². The number of fused-ring (bicyclic) bond motifs is 1. The van der Waals surface area contributed by atoms with Gasteiger partial charge in [0.2, 0.25) is 0 Å². The number of rotatable bonds is 5. The van der Waals surface area contributed by atoms with Gasteiger partial charge >= 0.3 is 6.03 Å². The standard InChI is InChI=1S/C20H24N2O3/c1-25-18-11-5-3-8-16(18)13-21-19(23)22-14-20(24)12-6-9-15-7-2-4-10-17(15)20/h2-5,7-8,10-11,24H,6,9,12-14H2,1H3,(H2,21,22,23). The van der Waals surface area contributed by atoms with Crippen LogP contribution in [0.15, 0.2) is 48.5 Å². The Balaban J connectivity index is 1.58. The summed E-state index contributed by atoms with van der Waals surface area (Å²) in [6.45, 7) is 0.562. The van der Waals surface area contributed by atoms with Gasteiger partial charge in [-0.15, -0.1) is 0 Å². The zero-order chi connectivity index (χ0) is 17.7. The van der Waals surface area contributed by atoms with Crippen molar-refractivity contribution in [3.8, 4) is 5.75 Å². The summed E-state index contributed by atoms with van der Waals surface area (Å²) in [5.41, 5.74) is 1.98. The molecule has 0 saturated heterocycles. The van der Waals surface area contributed by atoms with Crippen LogP contribution < -0.4 is 15.4 Å². The molecule has 0 spiro atoms. The van der Waals surface area contributed by atoms with Crippen LogP contribution in [0.5, 0.6) is 5.75 Å². The van der Waals surface area contributed by atoms with Crippen molar-refractivity contribution < 1.29 is 14.6 Å². The minimum atomic E-state index is -1.00. The number of nitrogens with one attached hydrogen (secondary N) is 2. The number of urea groups is 1. The minimum absolute atomic E-state index is 0.196. The summed E-state index contributed by atoms with van der Waals surface area (Å²) >= 11 is 0. The molecule has 1 unspecified atom stereocenters. The number of aliphatic hydroxyl groups is 1. The number of hydrogen-bond donors (Lipinski definition) is 3. The Labute approximate surface area is 148 Å². The molecule has 3 rings (SSSR count). The van der Waals surface area contributed by atoms with Crippen LogP contribution in [-0.2, 0) is 18.6 Å². The molecule has 1 aliphatic rings. The minimum Gasteiger partial charge on any atom is -0.496 e. The summed E-state index contributed by atoms with van der Waals surface area (Å²) in [6.07, 6.45) is 2.54. The fourth-order valence-corrected chi connectivity index (χ4v) is 3.40. The largest absolute Gasteiger partial charge is 0.496 e. The number of hydrogen-bond acceptors (Lipinski definition) is 3. The van der Waals surface area contributed by atoms with Crippen LogP contribution in [0.25, 0.3) is 0 Å². The fourth-order valence-electron chi connectivity index (χ4n) is 3.40. The second kappa shape index (κ2) is 7.57. The Kier molecular flexibility index (Phi) is 5.24. The molecule has 0 radical (unpaired) electrons. The highest BCUT2D eigenvalue weighted by molar-refractivity contribution is 5.74. The zero-order valence-electron chi connectivity index (χ0n) is 14.4. The average molecular weight is 340 g/mol. The van der Waals surface area contributed by atoms with Gasteiger partial charge in [-0.25, -0.2) is 4.79 Å². The Morgan fingerprint density at radius 1 is 1.16 bits per heavy atom. The highest BCUT2D eigenvalue weighted by atomic mass is 16.5. The van der Waals surface area contributed by atoms with Gasteiger partial charge in [-0.2, -0.15) is 0 Å². The highest BCUT2D eigenvalue weighted by Gasteiger charge is 2.34. The van der Waals surface area contributed by atoms with Gasteiger partial charge in [0.25, 0.3) is 0 Å². The first kappa shape index (κ1) is 17.3. The number of carbonyl (C=O) groups is 1. The average Bonchev–Trinajstić information content (AvgIpc) is 2.65. The Bertz CT molecular complexity index is 747. The molecule has 2 aromatic rings. The van der Waals surface area contributed by atoms with Crippen molar-refractivity contribution in [1.82, 2.24) is 10.6 Å². The molecule has 0 aliphatic heterocycles. The smallest absolute Gasteiger partial charge is 0.315 e. The molecule has 0 saturated carbocycles. The lowest BCUT2D eigenvalue weighted by Crippen LogP contribution is -2.46. The highest BCUT2D eigenvalue weighted by Crippen LogP contribution is 2.34. The van der Waals surface area contributed by atoms with Gasteiger partial charge in [0.05, 0.1) is 13.7 Å². The van der Waals surface area contributed by atoms with Crippen molar-refractivity contribution in [3.05, 3.63) is 65.2 Å². The van der Waals surface area contributed by atoms with Crippen molar-refractivity contribution in [3.63, 3.8) is 0 Å². The quantitative estimate of drug-likeness (QED) is 0.784. The van der Waals surface area contributed by atoms with Crippen LogP contribution in [0.4, 0.5) is 4.79 Å². The summed E-state index contributed by atoms with van der Waals surface area (Å²) in [7, 11) is 1.61. The molecule has 25 heavy (non-hydrogen) atoms. The molecule has 0 heterocycles. The van der Waals surface area contributed by atoms with E-state index < -0.39 is 5.60 Å². The molecule has 1 aliphatic carbocycles. The normalized spacial score (nSPS) is 19.0. The number of aryl methyl sites for hydroxylation is 1. The van der Waals surface area contributed by atoms with E-state index in [1.807, 2.05) is 48.5 Å². The predicted octanol–water partition coefficient (Wildman–Crippen LogP) is 2.72. The van der Waals surface area contributed by atoms with E-state index in [-0.39, 0.29) is 12.6 Å². The molecule has 5 heteroatoms. The van der Waals surface area contributed by atoms with Gasteiger partial charge in [-0.05, 0) is 36.5 Å². The summed E-state index contributed by atoms with van der Waals surface area (Å²) in [4.78, 5) is 12.1. The van der Waals surface area contributed by atoms with Crippen molar-refractivity contribution in [1.29, 1.82) is 0 Å². The molecule has 0 fully saturated rings. The van der Waals surface area contributed by atoms with Gasteiger partial charge < -0.3 is 20.5 Å². The van der Waals surface area contributed by atoms with Gasteiger partial charge in [-0.1, -0.05) is 42.5 Å². The van der Waals surface area contributed by atoms with E-state index in [4.69, 9.17) is 4.74 Å². The van der Waals surface area contributed by atoms with Crippen LogP contribution in [0.1, 0.15) is 29.5 Å². The SMILES string of the molecule is COc1ccccc1CNC(=O)NCC1(O)CCCc2ccccc21. The number of amides is 2. The summed E-state index contributed by atoms with van der Waals surface area (Å²) in [5, 5.41) is 16.6. The lowest BCUT2D eigenvalue weighted by Gasteiger charge is -2.34. The van der Waals surface area contributed by atoms with Crippen LogP contribution in [0.2, 0.25) is 0 Å². The van der Waals surface area contributed by atoms with E-state index in [0.717, 1.165) is 35.3 Å². The summed E-state index contributed by atoms with van der Waals surface area (Å²) < 4.78 is 5.28. The molecule has 132 valence electrons. The van der Waals surface area contributed by atoms with E-state index >= 15 is 0 Å². The van der Waals surface area contributed by atoms with Crippen molar-refractivity contribution in [2.75, 3.05) is 13.7 Å². The molecule has 0 aromatic heterocycles. The third kappa shape index (κ3) is 3.94. The number of benzene rings is 2. The molecule has 3 N–H and O–H groups in total. The van der Waals surface area contributed by atoms with Crippen LogP contribution in [0.3, 0.4) is 0 Å². The zero-order valence-corrected chi connectivity index (χ0v) is 14.4. The van der Waals surface area contributed by atoms with Gasteiger partial charge in [0.15, 0.2) is 0 Å². The molecule has 0 bridgehead atoms. The lowest BCUT2D eigenvalue weighted by molar-refractivity contribution is 0.0217. The van der Waals surface area contributed by atoms with E-state index in [2.05, 4.69) is 10.6 Å². The molecular weight excluding hydrogens is 316 g/mol. The van der Waals surface area contributed by atoms with Gasteiger partial charge in [0.1, 0.15) is 11.4 Å². The van der Waals surface area contributed by atoms with Gasteiger partial charge in [0, 0.05) is 12.1 Å². The number of carbonyl (C=O) groups excluding carboxylic acids is 1. The first-order valence-corrected chi connectivity index (χ1v) is 8.57. The van der Waals surface area contributed by atoms with Crippen LogP contribution in [-0.4, -0.2) is 24.8 Å². The first-order valence-electron chi connectivity index (χ1n) is 8.57. The molecule has 2 aromatic carbocycles. The van der Waals surface area contributed by atoms with Gasteiger partial charge in [-0.3, -0.25) is 0 Å². The molecule has 1 atom stereocenters. The topological polar surface area (TPSA) is 70.6 Å². The second-order valence-corrected chi connectivity index (χ2v) is 6.39. The van der Waals surface area contributed by atoms with Crippen molar-refractivity contribution >= 4 is 6.03 Å². The maximum Gasteiger partial charge on any atom is 0.315 e. The summed E-state index contributed by atoms with van der Waals surface area (Å²) in [6, 6.07) is 15.2. The van der Waals surface area contributed by atoms with Crippen molar-refractivity contribution in [2.24, 2.45) is 0 Å². The maximum atomic E-state index is 12.1. The van der Waals surface area contributed by atoms with Crippen LogP contribution >= 0.6 is 0 Å². The van der Waals surface area contributed by atoms with E-state index in [0.29, 0.717) is 13.0 Å². The van der Waals surface area contributed by atoms with Crippen LogP contribution in [0, 0.1) is 0 Å². The second-order valence-electron chi connectivity index (χ2n) is 6.39. The first-order chi connectivity index (χ1) is 12.1. The Hall–Kier alpha value is -2.53. The monoisotopic (exact) mass is 340 g/mol. The van der Waals surface area contributed by atoms with Crippen molar-refractivity contribution in [2.45, 2.75) is 31.4 Å². The number of methoxy groups -OCH3 is 1. The van der Waals surface area contributed by atoms with E-state index in [9.17, 15) is 9.90 Å². The predicted molar refractivity (Wildman–Crippen MR) is 96.5 cm³/mol. The maximum absolute atomic E-state index is 12.1. The molecular formula is C20H24N2O3. The Morgan fingerprint density at radius 3 is 2.76 bits per heavy atom. The fraction of sp³-hybridized carbons (Fsp3) is 0.350. The third-order valence-corrected chi connectivity index (χ3v) is 4.73.